The van der Waals surface area contributed by atoms with Gasteiger partial charge in [0.05, 0.1) is 47.0 Å². The number of rotatable bonds is 19. The molecule has 0 spiro atoms. The SMILES string of the molecule is CC[C@@]1(O)C(=O)OCc2c1cc1n(c2=O)Cc2c-1nc1cc3c(cc1c2CNC(=O)OCc1ccc(O[C@@H]2OC(C(=O)O)[C@@H](O)[C@H](O)C2O)c(NC(=O)CCNC(=O)CCNC(=O)C(CC(=O)O)C(C)C)c1)OCO3. The maximum absolute atomic E-state index is 14.0. The molecule has 26 nitrogen and oxygen atoms in total. The van der Waals surface area contributed by atoms with Crippen molar-refractivity contribution in [1.29, 1.82) is 0 Å². The number of fused-ring (bicyclic) bond motifs is 6. The summed E-state index contributed by atoms with van der Waals surface area (Å²) in [7, 11) is 0. The highest BCUT2D eigenvalue weighted by Gasteiger charge is 2.49. The average Bonchev–Trinajstić information content (AvgIpc) is 4.01. The molecule has 1 saturated heterocycles. The number of hydrogen-bond donors (Lipinski definition) is 10. The molecular weight excluding hydrogens is 993 g/mol. The van der Waals surface area contributed by atoms with Gasteiger partial charge in [-0.05, 0) is 47.7 Å². The highest BCUT2D eigenvalue weighted by atomic mass is 16.7. The number of aromatic nitrogens is 2. The number of aliphatic hydroxyl groups is 4. The summed E-state index contributed by atoms with van der Waals surface area (Å²) in [6.07, 6.45) is -11.8. The quantitative estimate of drug-likeness (QED) is 0.0494. The van der Waals surface area contributed by atoms with Crippen molar-refractivity contribution in [2.24, 2.45) is 11.8 Å². The molecule has 4 amide bonds. The van der Waals surface area contributed by atoms with Crippen molar-refractivity contribution in [2.45, 2.75) is 109 Å². The lowest BCUT2D eigenvalue weighted by atomic mass is 9.86. The highest BCUT2D eigenvalue weighted by Crippen LogP contribution is 2.43. The van der Waals surface area contributed by atoms with Crippen molar-refractivity contribution >= 4 is 58.3 Å². The monoisotopic (exact) mass is 1050 g/mol. The van der Waals surface area contributed by atoms with Crippen LogP contribution in [0.4, 0.5) is 10.5 Å². The van der Waals surface area contributed by atoms with Crippen LogP contribution in [0.15, 0.2) is 41.2 Å². The Morgan fingerprint density at radius 3 is 2.31 bits per heavy atom. The van der Waals surface area contributed by atoms with Gasteiger partial charge in [0, 0.05) is 55.1 Å². The van der Waals surface area contributed by atoms with Crippen LogP contribution >= 0.6 is 0 Å². The van der Waals surface area contributed by atoms with E-state index in [4.69, 9.17) is 38.5 Å². The molecule has 2 aromatic heterocycles. The number of nitrogens with zero attached hydrogens (tertiary/aromatic N) is 2. The maximum Gasteiger partial charge on any atom is 0.407 e. The fourth-order valence-electron chi connectivity index (χ4n) is 9.12. The number of benzene rings is 2. The van der Waals surface area contributed by atoms with E-state index in [0.717, 1.165) is 0 Å². The maximum atomic E-state index is 14.0. The van der Waals surface area contributed by atoms with Crippen molar-refractivity contribution < 1.29 is 92.6 Å². The zero-order valence-electron chi connectivity index (χ0n) is 40.6. The van der Waals surface area contributed by atoms with E-state index >= 15 is 0 Å². The van der Waals surface area contributed by atoms with E-state index < -0.39 is 96.1 Å². The number of carboxylic acids is 2. The summed E-state index contributed by atoms with van der Waals surface area (Å²) in [6.45, 7) is 3.73. The normalized spacial score (nSPS) is 21.5. The Hall–Kier alpha value is -7.91. The molecule has 0 aliphatic carbocycles. The van der Waals surface area contributed by atoms with Crippen molar-refractivity contribution in [1.82, 2.24) is 25.5 Å². The van der Waals surface area contributed by atoms with Gasteiger partial charge in [-0.25, -0.2) is 19.4 Å². The number of alkyl carbamates (subject to hydrolysis) is 1. The number of carbonyl (C=O) groups is 7. The lowest BCUT2D eigenvalue weighted by Crippen LogP contribution is -2.61. The third kappa shape index (κ3) is 11.0. The summed E-state index contributed by atoms with van der Waals surface area (Å²) >= 11 is 0. The Balaban J connectivity index is 0.968. The Morgan fingerprint density at radius 1 is 0.880 bits per heavy atom. The predicted molar refractivity (Wildman–Crippen MR) is 254 cm³/mol. The molecule has 75 heavy (non-hydrogen) atoms. The Kier molecular flexibility index (Phi) is 15.6. The van der Waals surface area contributed by atoms with E-state index in [0.29, 0.717) is 44.9 Å². The van der Waals surface area contributed by atoms with E-state index in [9.17, 15) is 63.9 Å². The number of hydrogen-bond acceptors (Lipinski definition) is 19. The first-order valence-corrected chi connectivity index (χ1v) is 23.8. The standard InChI is InChI=1S/C49H54N6O20/c1-4-49(69)28-14-31-38-26(17-55(31)44(64)27(28)19-70-47(49)67)25(24-12-33-34(73-20-72-33)15-29(24)54-38)16-52-48(68)71-18-22-5-6-32(74-46-41(62)39(60)40(61)42(75-46)45(65)66)30(11-22)53-36(57)8-9-50-35(56)7-10-51-43(63)23(21(2)3)13-37(58)59/h5-6,11-12,14-15,21,23,39-42,46,60-62,69H,4,7-10,13,16-20H2,1-3H3,(H,50,56)(H,51,63)(H,52,68)(H,53,57)(H,58,59)(H,65,66)/t23?,39-,40-,41?,42?,46+,49-/m0/s1. The molecule has 4 aliphatic rings. The number of esters is 1. The van der Waals surface area contributed by atoms with Crippen molar-refractivity contribution in [2.75, 3.05) is 25.2 Å². The Labute approximate surface area is 424 Å². The number of carbonyl (C=O) groups excluding carboxylic acids is 5. The van der Waals surface area contributed by atoms with Gasteiger partial charge in [-0.15, -0.1) is 0 Å². The van der Waals surface area contributed by atoms with E-state index in [1.165, 1.54) is 22.8 Å². The van der Waals surface area contributed by atoms with Crippen molar-refractivity contribution in [3.63, 3.8) is 0 Å². The predicted octanol–water partition coefficient (Wildman–Crippen LogP) is 0.204. The van der Waals surface area contributed by atoms with Crippen LogP contribution < -0.4 is 41.0 Å². The van der Waals surface area contributed by atoms with Crippen LogP contribution in [0.5, 0.6) is 17.2 Å². The number of amides is 4. The molecule has 0 saturated carbocycles. The van der Waals surface area contributed by atoms with Gasteiger partial charge in [0.15, 0.2) is 23.2 Å². The third-order valence-electron chi connectivity index (χ3n) is 13.3. The molecule has 4 aromatic rings. The van der Waals surface area contributed by atoms with Crippen LogP contribution in [-0.4, -0.2) is 133 Å². The van der Waals surface area contributed by atoms with Gasteiger partial charge in [-0.3, -0.25) is 24.0 Å². The second kappa shape index (κ2) is 21.9. The highest BCUT2D eigenvalue weighted by molar-refractivity contribution is 5.94. The minimum Gasteiger partial charge on any atom is -0.481 e. The van der Waals surface area contributed by atoms with Gasteiger partial charge in [0.1, 0.15) is 37.3 Å². The summed E-state index contributed by atoms with van der Waals surface area (Å²) in [5.74, 6) is -5.92. The smallest absolute Gasteiger partial charge is 0.407 e. The van der Waals surface area contributed by atoms with Gasteiger partial charge in [-0.2, -0.15) is 0 Å². The molecule has 0 radical (unpaired) electrons. The number of pyridine rings is 2. The van der Waals surface area contributed by atoms with E-state index in [2.05, 4.69) is 21.3 Å². The summed E-state index contributed by atoms with van der Waals surface area (Å²) in [5.41, 5.74) is -0.0166. The molecule has 7 atom stereocenters. The lowest BCUT2D eigenvalue weighted by molar-refractivity contribution is -0.271. The average molecular weight is 1050 g/mol. The number of aliphatic carboxylic acids is 2. The lowest BCUT2D eigenvalue weighted by Gasteiger charge is -2.38. The third-order valence-corrected chi connectivity index (χ3v) is 13.3. The van der Waals surface area contributed by atoms with Crippen LogP contribution in [0.25, 0.3) is 22.3 Å². The van der Waals surface area contributed by atoms with Crippen molar-refractivity contribution in [3.05, 3.63) is 74.6 Å². The number of ether oxygens (including phenoxy) is 6. The molecule has 3 unspecified atom stereocenters. The van der Waals surface area contributed by atoms with Crippen LogP contribution in [0.1, 0.15) is 74.3 Å². The summed E-state index contributed by atoms with van der Waals surface area (Å²) in [6, 6.07) is 8.89. The van der Waals surface area contributed by atoms with Gasteiger partial charge >= 0.3 is 24.0 Å². The van der Waals surface area contributed by atoms with Crippen LogP contribution in [0.3, 0.4) is 0 Å². The van der Waals surface area contributed by atoms with Gasteiger partial charge in [0.25, 0.3) is 5.56 Å². The second-order valence-electron chi connectivity index (χ2n) is 18.5. The zero-order chi connectivity index (χ0) is 54.0. The number of carboxylic acid groups (broad SMARTS) is 2. The fraction of sp³-hybridized carbons (Fsp3) is 0.449. The van der Waals surface area contributed by atoms with E-state index in [1.54, 1.807) is 39.0 Å². The summed E-state index contributed by atoms with van der Waals surface area (Å²) in [5, 5.41) is 72.3. The molecule has 1 fully saturated rings. The first-order valence-electron chi connectivity index (χ1n) is 23.8. The zero-order valence-corrected chi connectivity index (χ0v) is 40.6. The molecule has 6 heterocycles. The molecule has 4 aliphatic heterocycles. The molecule has 8 rings (SSSR count). The summed E-state index contributed by atoms with van der Waals surface area (Å²) < 4.78 is 34.5. The number of aliphatic hydroxyl groups excluding tert-OH is 3. The first-order chi connectivity index (χ1) is 35.7. The Morgan fingerprint density at radius 2 is 1.60 bits per heavy atom. The molecule has 26 heteroatoms. The summed E-state index contributed by atoms with van der Waals surface area (Å²) in [4.78, 5) is 106. The number of anilines is 1. The van der Waals surface area contributed by atoms with Gasteiger partial charge in [-0.1, -0.05) is 26.8 Å². The number of nitrogens with one attached hydrogen (secondary N) is 4. The fourth-order valence-corrected chi connectivity index (χ4v) is 9.12. The van der Waals surface area contributed by atoms with Gasteiger partial charge < -0.3 is 84.9 Å². The largest absolute Gasteiger partial charge is 0.481 e. The Bertz CT molecular complexity index is 3030. The number of cyclic esters (lactones) is 1. The van der Waals surface area contributed by atoms with Crippen molar-refractivity contribution in [3.8, 4) is 28.6 Å². The first kappa shape index (κ1) is 53.4. The van der Waals surface area contributed by atoms with Crippen LogP contribution in [0, 0.1) is 11.8 Å². The van der Waals surface area contributed by atoms with E-state index in [-0.39, 0.29) is 99.3 Å². The van der Waals surface area contributed by atoms with Crippen LogP contribution in [0.2, 0.25) is 0 Å². The molecule has 400 valence electrons. The molecule has 0 bridgehead atoms. The molecule has 10 N–H and O–H groups in total. The molecular formula is C49H54N6O20. The van der Waals surface area contributed by atoms with Crippen LogP contribution in [-0.2, 0) is 74.9 Å². The minimum atomic E-state index is -2.07. The van der Waals surface area contributed by atoms with Gasteiger partial charge in [0.2, 0.25) is 30.8 Å². The van der Waals surface area contributed by atoms with E-state index in [1.807, 2.05) is 0 Å². The second-order valence-corrected chi connectivity index (χ2v) is 18.5. The topological polar surface area (TPSA) is 379 Å². The molecule has 2 aromatic carbocycles. The minimum absolute atomic E-state index is 0.00355.